The van der Waals surface area contributed by atoms with E-state index in [4.69, 9.17) is 9.47 Å². The summed E-state index contributed by atoms with van der Waals surface area (Å²) in [5.41, 5.74) is 6.25. The highest BCUT2D eigenvalue weighted by molar-refractivity contribution is 14.1. The number of amides is 1. The van der Waals surface area contributed by atoms with E-state index < -0.39 is 0 Å². The number of benzene rings is 4. The van der Waals surface area contributed by atoms with Gasteiger partial charge in [0.1, 0.15) is 18.1 Å². The van der Waals surface area contributed by atoms with Crippen LogP contribution in [0.5, 0.6) is 11.5 Å². The van der Waals surface area contributed by atoms with E-state index in [9.17, 15) is 4.79 Å². The molecule has 1 amide bonds. The molecule has 1 N–H and O–H groups in total. The second kappa shape index (κ2) is 11.2. The molecule has 0 aromatic heterocycles. The Morgan fingerprint density at radius 1 is 0.971 bits per heavy atom. The summed E-state index contributed by atoms with van der Waals surface area (Å²) in [7, 11) is 1.55. The third-order valence-corrected chi connectivity index (χ3v) is 6.82. The fourth-order valence-electron chi connectivity index (χ4n) is 3.42. The molecule has 0 heterocycles. The van der Waals surface area contributed by atoms with Crippen LogP contribution in [0.2, 0.25) is 0 Å². The zero-order valence-corrected chi connectivity index (χ0v) is 23.0. The van der Waals surface area contributed by atoms with Crippen LogP contribution in [0.4, 0.5) is 0 Å². The molecule has 0 unspecified atom stereocenters. The number of halogens is 2. The van der Waals surface area contributed by atoms with Gasteiger partial charge in [0, 0.05) is 0 Å². The maximum Gasteiger partial charge on any atom is 0.275 e. The fourth-order valence-corrected chi connectivity index (χ4v) is 5.55. The van der Waals surface area contributed by atoms with Crippen LogP contribution in [0.1, 0.15) is 27.0 Å². The minimum atomic E-state index is -0.332. The lowest BCUT2D eigenvalue weighted by Gasteiger charge is -2.12. The van der Waals surface area contributed by atoms with Crippen LogP contribution >= 0.6 is 45.2 Å². The van der Waals surface area contributed by atoms with E-state index in [-0.39, 0.29) is 5.91 Å². The number of rotatable bonds is 7. The maximum atomic E-state index is 12.8. The number of hydrazone groups is 1. The van der Waals surface area contributed by atoms with Crippen LogP contribution in [0.3, 0.4) is 0 Å². The largest absolute Gasteiger partial charge is 0.496 e. The Morgan fingerprint density at radius 3 is 2.26 bits per heavy atom. The summed E-state index contributed by atoms with van der Waals surface area (Å²) >= 11 is 4.51. The number of nitrogens with zero attached hydrogens (tertiary/aromatic N) is 1. The fraction of sp³-hybridized carbons (Fsp3) is 0.111. The number of fused-ring (bicyclic) bond motifs is 1. The van der Waals surface area contributed by atoms with Crippen LogP contribution in [-0.2, 0) is 6.61 Å². The Kier molecular flexibility index (Phi) is 8.04. The van der Waals surface area contributed by atoms with E-state index in [1.54, 1.807) is 13.3 Å². The minimum absolute atomic E-state index is 0.332. The summed E-state index contributed by atoms with van der Waals surface area (Å²) in [6.07, 6.45) is 1.62. The van der Waals surface area contributed by atoms with Gasteiger partial charge >= 0.3 is 0 Å². The Morgan fingerprint density at radius 2 is 1.62 bits per heavy atom. The number of hydrogen-bond acceptors (Lipinski definition) is 4. The third kappa shape index (κ3) is 5.87. The van der Waals surface area contributed by atoms with Crippen LogP contribution < -0.4 is 14.9 Å². The predicted molar refractivity (Wildman–Crippen MR) is 153 cm³/mol. The maximum absolute atomic E-state index is 12.8. The van der Waals surface area contributed by atoms with E-state index in [1.807, 2.05) is 48.5 Å². The van der Waals surface area contributed by atoms with Crippen molar-refractivity contribution in [3.63, 3.8) is 0 Å². The average molecular weight is 676 g/mol. The lowest BCUT2D eigenvalue weighted by atomic mass is 10.1. The molecule has 0 aliphatic heterocycles. The van der Waals surface area contributed by atoms with Crippen molar-refractivity contribution < 1.29 is 14.3 Å². The number of ether oxygens (including phenoxy) is 2. The van der Waals surface area contributed by atoms with Crippen molar-refractivity contribution in [3.05, 3.63) is 102 Å². The monoisotopic (exact) mass is 676 g/mol. The molecule has 0 aliphatic carbocycles. The molecule has 4 aromatic rings. The van der Waals surface area contributed by atoms with E-state index in [0.29, 0.717) is 17.9 Å². The van der Waals surface area contributed by atoms with E-state index >= 15 is 0 Å². The SMILES string of the molecule is COc1cc2ccccc2cc1C(=O)N/N=C\c1cc(I)c(OCc2ccc(C)cc2)c(I)c1. The number of methoxy groups -OCH3 is 1. The first-order valence-electron chi connectivity index (χ1n) is 10.5. The molecule has 0 spiro atoms. The molecule has 4 rings (SSSR count). The molecule has 0 fully saturated rings. The van der Waals surface area contributed by atoms with Crippen LogP contribution in [-0.4, -0.2) is 19.2 Å². The molecule has 7 heteroatoms. The summed E-state index contributed by atoms with van der Waals surface area (Å²) in [5.74, 6) is 1.01. The van der Waals surface area contributed by atoms with E-state index in [0.717, 1.165) is 34.8 Å². The summed E-state index contributed by atoms with van der Waals surface area (Å²) in [6, 6.07) is 23.7. The molecule has 0 radical (unpaired) electrons. The van der Waals surface area contributed by atoms with Gasteiger partial charge in [0.25, 0.3) is 5.91 Å². The van der Waals surface area contributed by atoms with Crippen molar-refractivity contribution >= 4 is 68.1 Å². The summed E-state index contributed by atoms with van der Waals surface area (Å²) in [4.78, 5) is 12.8. The molecular formula is C27H22I2N2O3. The molecule has 0 saturated carbocycles. The first-order chi connectivity index (χ1) is 16.4. The normalized spacial score (nSPS) is 11.1. The predicted octanol–water partition coefficient (Wildman–Crippen LogP) is 6.71. The zero-order chi connectivity index (χ0) is 24.1. The second-order valence-electron chi connectivity index (χ2n) is 7.69. The molecular weight excluding hydrogens is 654 g/mol. The molecule has 4 aromatic carbocycles. The van der Waals surface area contributed by atoms with Gasteiger partial charge < -0.3 is 9.47 Å². The highest BCUT2D eigenvalue weighted by Gasteiger charge is 2.13. The standard InChI is InChI=1S/C27H22I2N2O3/c1-17-7-9-18(10-8-17)16-34-26-23(28)11-19(12-24(26)29)15-30-31-27(32)22-13-20-5-3-4-6-21(20)14-25(22)33-2/h3-15H,16H2,1-2H3,(H,31,32)/b30-15-. The Bertz CT molecular complexity index is 1350. The third-order valence-electron chi connectivity index (χ3n) is 5.22. The van der Waals surface area contributed by atoms with Gasteiger partial charge in [-0.3, -0.25) is 4.79 Å². The van der Waals surface area contributed by atoms with Gasteiger partial charge in [-0.1, -0.05) is 54.1 Å². The van der Waals surface area contributed by atoms with E-state index in [1.165, 1.54) is 5.56 Å². The van der Waals surface area contributed by atoms with Gasteiger partial charge in [0.05, 0.1) is 26.0 Å². The smallest absolute Gasteiger partial charge is 0.275 e. The minimum Gasteiger partial charge on any atom is -0.496 e. The van der Waals surface area contributed by atoms with E-state index in [2.05, 4.69) is 86.9 Å². The molecule has 0 aliphatic rings. The number of carbonyl (C=O) groups is 1. The Balaban J connectivity index is 1.45. The number of carbonyl (C=O) groups excluding carboxylic acids is 1. The van der Waals surface area contributed by atoms with Crippen molar-refractivity contribution in [2.24, 2.45) is 5.10 Å². The van der Waals surface area contributed by atoms with Gasteiger partial charge in [-0.15, -0.1) is 0 Å². The van der Waals surface area contributed by atoms with Gasteiger partial charge in [-0.2, -0.15) is 5.10 Å². The highest BCUT2D eigenvalue weighted by Crippen LogP contribution is 2.29. The highest BCUT2D eigenvalue weighted by atomic mass is 127. The van der Waals surface area contributed by atoms with Crippen molar-refractivity contribution in [2.45, 2.75) is 13.5 Å². The molecule has 0 atom stereocenters. The molecule has 172 valence electrons. The summed E-state index contributed by atoms with van der Waals surface area (Å²) in [6.45, 7) is 2.57. The van der Waals surface area contributed by atoms with Gasteiger partial charge in [-0.05, 0) is 98.3 Å². The first-order valence-corrected chi connectivity index (χ1v) is 12.7. The summed E-state index contributed by atoms with van der Waals surface area (Å²) < 4.78 is 13.4. The van der Waals surface area contributed by atoms with Crippen molar-refractivity contribution in [3.8, 4) is 11.5 Å². The topological polar surface area (TPSA) is 59.9 Å². The van der Waals surface area contributed by atoms with Crippen molar-refractivity contribution in [1.82, 2.24) is 5.43 Å². The number of nitrogens with one attached hydrogen (secondary N) is 1. The first kappa shape index (κ1) is 24.5. The van der Waals surface area contributed by atoms with Crippen LogP contribution in [0.25, 0.3) is 10.8 Å². The molecule has 0 bridgehead atoms. The number of hydrogen-bond donors (Lipinski definition) is 1. The lowest BCUT2D eigenvalue weighted by molar-refractivity contribution is 0.0952. The summed E-state index contributed by atoms with van der Waals surface area (Å²) in [5, 5.41) is 6.13. The molecule has 0 saturated heterocycles. The van der Waals surface area contributed by atoms with Crippen molar-refractivity contribution in [1.29, 1.82) is 0 Å². The van der Waals surface area contributed by atoms with Crippen LogP contribution in [0.15, 0.2) is 77.9 Å². The lowest BCUT2D eigenvalue weighted by Crippen LogP contribution is -2.18. The van der Waals surface area contributed by atoms with Gasteiger partial charge in [-0.25, -0.2) is 5.43 Å². The Hall–Kier alpha value is -2.66. The van der Waals surface area contributed by atoms with Crippen molar-refractivity contribution in [2.75, 3.05) is 7.11 Å². The van der Waals surface area contributed by atoms with Crippen LogP contribution in [0, 0.1) is 14.1 Å². The van der Waals surface area contributed by atoms with Gasteiger partial charge in [0.15, 0.2) is 0 Å². The molecule has 34 heavy (non-hydrogen) atoms. The quantitative estimate of drug-likeness (QED) is 0.135. The Labute approximate surface area is 225 Å². The zero-order valence-electron chi connectivity index (χ0n) is 18.6. The van der Waals surface area contributed by atoms with Gasteiger partial charge in [0.2, 0.25) is 0 Å². The average Bonchev–Trinajstić information content (AvgIpc) is 2.83. The second-order valence-corrected chi connectivity index (χ2v) is 10.0. The number of aryl methyl sites for hydroxylation is 1. The molecule has 5 nitrogen and oxygen atoms in total.